The predicted molar refractivity (Wildman–Crippen MR) is 70.0 cm³/mol. The lowest BCUT2D eigenvalue weighted by atomic mass is 10.2. The van der Waals surface area contributed by atoms with Crippen LogP contribution in [-0.4, -0.2) is 45.3 Å². The fourth-order valence-corrected chi connectivity index (χ4v) is 1.83. The molecule has 100 valence electrons. The zero-order chi connectivity index (χ0) is 14.0. The molecule has 0 aliphatic heterocycles. The van der Waals surface area contributed by atoms with E-state index < -0.39 is 5.97 Å². The molecule has 0 saturated carbocycles. The lowest BCUT2D eigenvalue weighted by Gasteiger charge is -2.14. The standard InChI is InChI=1S/C13H15N3O3/c1-3-15(2)11(17)8-16-10-7-5-4-6-9(10)12(14-16)13(18)19/h4-7H,3,8H2,1-2H3,(H,18,19). The number of aromatic nitrogens is 2. The number of likely N-dealkylation sites (N-methyl/N-ethyl adjacent to an activating group) is 1. The van der Waals surface area contributed by atoms with Gasteiger partial charge in [0.05, 0.1) is 5.52 Å². The molecule has 1 aromatic carbocycles. The normalized spacial score (nSPS) is 10.6. The van der Waals surface area contributed by atoms with Crippen LogP contribution < -0.4 is 0 Å². The summed E-state index contributed by atoms with van der Waals surface area (Å²) in [6.45, 7) is 2.52. The van der Waals surface area contributed by atoms with Crippen molar-refractivity contribution in [1.82, 2.24) is 14.7 Å². The van der Waals surface area contributed by atoms with E-state index in [9.17, 15) is 9.59 Å². The summed E-state index contributed by atoms with van der Waals surface area (Å²) in [6, 6.07) is 6.99. The van der Waals surface area contributed by atoms with Crippen molar-refractivity contribution in [1.29, 1.82) is 0 Å². The molecule has 0 aliphatic carbocycles. The maximum Gasteiger partial charge on any atom is 0.357 e. The first-order chi connectivity index (χ1) is 9.04. The Morgan fingerprint density at radius 1 is 1.37 bits per heavy atom. The summed E-state index contributed by atoms with van der Waals surface area (Å²) in [5.41, 5.74) is 0.625. The van der Waals surface area contributed by atoms with Gasteiger partial charge in [-0.15, -0.1) is 0 Å². The minimum Gasteiger partial charge on any atom is -0.476 e. The van der Waals surface area contributed by atoms with Crippen LogP contribution in [0.3, 0.4) is 0 Å². The van der Waals surface area contributed by atoms with E-state index in [-0.39, 0.29) is 18.1 Å². The van der Waals surface area contributed by atoms with E-state index in [0.717, 1.165) is 0 Å². The quantitative estimate of drug-likeness (QED) is 0.897. The average molecular weight is 261 g/mol. The van der Waals surface area contributed by atoms with Crippen molar-refractivity contribution in [3.05, 3.63) is 30.0 Å². The molecule has 0 radical (unpaired) electrons. The Bertz CT molecular complexity index is 633. The number of carboxylic acid groups (broad SMARTS) is 1. The zero-order valence-electron chi connectivity index (χ0n) is 10.8. The van der Waals surface area contributed by atoms with Crippen LogP contribution in [0, 0.1) is 0 Å². The molecule has 0 fully saturated rings. The van der Waals surface area contributed by atoms with Crippen LogP contribution in [0.4, 0.5) is 0 Å². The van der Waals surface area contributed by atoms with Crippen molar-refractivity contribution in [3.63, 3.8) is 0 Å². The van der Waals surface area contributed by atoms with E-state index in [1.54, 1.807) is 36.2 Å². The molecule has 2 rings (SSSR count). The van der Waals surface area contributed by atoms with Gasteiger partial charge in [0.2, 0.25) is 5.91 Å². The highest BCUT2D eigenvalue weighted by Crippen LogP contribution is 2.18. The minimum atomic E-state index is -1.09. The highest BCUT2D eigenvalue weighted by Gasteiger charge is 2.18. The van der Waals surface area contributed by atoms with Crippen LogP contribution >= 0.6 is 0 Å². The predicted octanol–water partition coefficient (Wildman–Crippen LogP) is 1.21. The monoisotopic (exact) mass is 261 g/mol. The number of nitrogens with zero attached hydrogens (tertiary/aromatic N) is 3. The van der Waals surface area contributed by atoms with Crippen molar-refractivity contribution >= 4 is 22.8 Å². The van der Waals surface area contributed by atoms with Crippen LogP contribution in [0.25, 0.3) is 10.9 Å². The Morgan fingerprint density at radius 2 is 2.05 bits per heavy atom. The molecule has 0 spiro atoms. The van der Waals surface area contributed by atoms with Gasteiger partial charge in [-0.1, -0.05) is 18.2 Å². The van der Waals surface area contributed by atoms with Gasteiger partial charge >= 0.3 is 5.97 Å². The fourth-order valence-electron chi connectivity index (χ4n) is 1.83. The highest BCUT2D eigenvalue weighted by molar-refractivity contribution is 6.01. The Kier molecular flexibility index (Phi) is 3.50. The third-order valence-electron chi connectivity index (χ3n) is 3.05. The highest BCUT2D eigenvalue weighted by atomic mass is 16.4. The van der Waals surface area contributed by atoms with E-state index in [0.29, 0.717) is 17.4 Å². The van der Waals surface area contributed by atoms with Gasteiger partial charge in [-0.2, -0.15) is 5.10 Å². The number of amides is 1. The van der Waals surface area contributed by atoms with Crippen molar-refractivity contribution in [2.24, 2.45) is 0 Å². The molecule has 1 heterocycles. The van der Waals surface area contributed by atoms with Gasteiger partial charge < -0.3 is 10.0 Å². The first-order valence-electron chi connectivity index (χ1n) is 5.97. The van der Waals surface area contributed by atoms with Crippen LogP contribution in [0.1, 0.15) is 17.4 Å². The molecule has 6 nitrogen and oxygen atoms in total. The Balaban J connectivity index is 2.44. The lowest BCUT2D eigenvalue weighted by Crippen LogP contribution is -2.30. The topological polar surface area (TPSA) is 75.4 Å². The molecule has 0 unspecified atom stereocenters. The van der Waals surface area contributed by atoms with Gasteiger partial charge in [-0.3, -0.25) is 9.48 Å². The molecule has 0 atom stereocenters. The average Bonchev–Trinajstić information content (AvgIpc) is 2.77. The molecule has 6 heteroatoms. The number of hydrogen-bond acceptors (Lipinski definition) is 3. The molecule has 0 aliphatic rings. The van der Waals surface area contributed by atoms with E-state index in [1.165, 1.54) is 4.68 Å². The number of benzene rings is 1. The van der Waals surface area contributed by atoms with Gasteiger partial charge in [0.15, 0.2) is 5.69 Å². The summed E-state index contributed by atoms with van der Waals surface area (Å²) >= 11 is 0. The van der Waals surface area contributed by atoms with Gasteiger partial charge in [0, 0.05) is 19.0 Å². The van der Waals surface area contributed by atoms with Crippen molar-refractivity contribution in [2.75, 3.05) is 13.6 Å². The van der Waals surface area contributed by atoms with Crippen LogP contribution in [0.5, 0.6) is 0 Å². The second-order valence-corrected chi connectivity index (χ2v) is 4.24. The van der Waals surface area contributed by atoms with E-state index in [4.69, 9.17) is 5.11 Å². The minimum absolute atomic E-state index is 0.0254. The first kappa shape index (κ1) is 13.1. The van der Waals surface area contributed by atoms with E-state index in [2.05, 4.69) is 5.10 Å². The van der Waals surface area contributed by atoms with Crippen LogP contribution in [-0.2, 0) is 11.3 Å². The lowest BCUT2D eigenvalue weighted by molar-refractivity contribution is -0.130. The number of carbonyl (C=O) groups excluding carboxylic acids is 1. The maximum absolute atomic E-state index is 11.9. The Morgan fingerprint density at radius 3 is 2.68 bits per heavy atom. The van der Waals surface area contributed by atoms with Crippen LogP contribution in [0.15, 0.2) is 24.3 Å². The third-order valence-corrected chi connectivity index (χ3v) is 3.05. The molecule has 0 saturated heterocycles. The summed E-state index contributed by atoms with van der Waals surface area (Å²) in [6.07, 6.45) is 0. The summed E-state index contributed by atoms with van der Waals surface area (Å²) in [5, 5.41) is 13.7. The molecule has 1 amide bonds. The molecule has 0 bridgehead atoms. The number of fused-ring (bicyclic) bond motifs is 1. The molecular weight excluding hydrogens is 246 g/mol. The van der Waals surface area contributed by atoms with Gasteiger partial charge in [-0.25, -0.2) is 4.79 Å². The Labute approximate surface area is 110 Å². The number of hydrogen-bond donors (Lipinski definition) is 1. The second kappa shape index (κ2) is 5.09. The number of carboxylic acids is 1. The summed E-state index contributed by atoms with van der Waals surface area (Å²) in [4.78, 5) is 24.6. The fraction of sp³-hybridized carbons (Fsp3) is 0.308. The van der Waals surface area contributed by atoms with E-state index in [1.807, 2.05) is 6.92 Å². The molecule has 19 heavy (non-hydrogen) atoms. The maximum atomic E-state index is 11.9. The number of rotatable bonds is 4. The second-order valence-electron chi connectivity index (χ2n) is 4.24. The van der Waals surface area contributed by atoms with Gasteiger partial charge in [0.25, 0.3) is 0 Å². The SMILES string of the molecule is CCN(C)C(=O)Cn1nc(C(=O)O)c2ccccc21. The first-order valence-corrected chi connectivity index (χ1v) is 5.97. The smallest absolute Gasteiger partial charge is 0.357 e. The molecular formula is C13H15N3O3. The number of aromatic carboxylic acids is 1. The van der Waals surface area contributed by atoms with Gasteiger partial charge in [-0.05, 0) is 13.0 Å². The largest absolute Gasteiger partial charge is 0.476 e. The Hall–Kier alpha value is -2.37. The molecule has 2 aromatic rings. The number of para-hydroxylation sites is 1. The summed E-state index contributed by atoms with van der Waals surface area (Å²) < 4.78 is 1.44. The van der Waals surface area contributed by atoms with Crippen molar-refractivity contribution in [3.8, 4) is 0 Å². The van der Waals surface area contributed by atoms with E-state index >= 15 is 0 Å². The van der Waals surface area contributed by atoms with Crippen LogP contribution in [0.2, 0.25) is 0 Å². The van der Waals surface area contributed by atoms with Crippen molar-refractivity contribution in [2.45, 2.75) is 13.5 Å². The molecule has 1 aromatic heterocycles. The summed E-state index contributed by atoms with van der Waals surface area (Å²) in [5.74, 6) is -1.20. The van der Waals surface area contributed by atoms with Crippen molar-refractivity contribution < 1.29 is 14.7 Å². The van der Waals surface area contributed by atoms with Gasteiger partial charge in [0.1, 0.15) is 6.54 Å². The third kappa shape index (κ3) is 2.42. The zero-order valence-corrected chi connectivity index (χ0v) is 10.8. The summed E-state index contributed by atoms with van der Waals surface area (Å²) in [7, 11) is 1.70. The molecule has 1 N–H and O–H groups in total. The number of carbonyl (C=O) groups is 2.